The summed E-state index contributed by atoms with van der Waals surface area (Å²) in [5.41, 5.74) is 0.439. The lowest BCUT2D eigenvalue weighted by Crippen LogP contribution is -2.30. The van der Waals surface area contributed by atoms with Crippen molar-refractivity contribution in [3.05, 3.63) is 0 Å². The Morgan fingerprint density at radius 2 is 1.93 bits per heavy atom. The molecular weight excluding hydrogens is 254 g/mol. The van der Waals surface area contributed by atoms with Gasteiger partial charge in [-0.05, 0) is 24.8 Å². The normalized spacial score (nSPS) is 14.6. The molecule has 0 aromatic heterocycles. The van der Waals surface area contributed by atoms with Crippen molar-refractivity contribution in [2.24, 2.45) is 5.41 Å². The second-order valence-corrected chi connectivity index (χ2v) is 6.66. The highest BCUT2D eigenvalue weighted by molar-refractivity contribution is 9.09. The van der Waals surface area contributed by atoms with Crippen molar-refractivity contribution in [1.82, 2.24) is 4.90 Å². The van der Waals surface area contributed by atoms with Gasteiger partial charge in [-0.15, -0.1) is 0 Å². The Kier molecular flexibility index (Phi) is 7.84. The van der Waals surface area contributed by atoms with Gasteiger partial charge in [-0.2, -0.15) is 0 Å². The van der Waals surface area contributed by atoms with Crippen LogP contribution in [-0.2, 0) is 0 Å². The van der Waals surface area contributed by atoms with Crippen LogP contribution in [0.2, 0.25) is 0 Å². The molecule has 0 aromatic carbocycles. The highest BCUT2D eigenvalue weighted by Gasteiger charge is 2.13. The molecule has 0 spiro atoms. The SMILES string of the molecule is CCN(CO)CC(Br)CCCC(C)(C)C. The van der Waals surface area contributed by atoms with Gasteiger partial charge in [0.1, 0.15) is 0 Å². The van der Waals surface area contributed by atoms with Crippen LogP contribution >= 0.6 is 15.9 Å². The average Bonchev–Trinajstić information content (AvgIpc) is 2.12. The molecule has 3 heteroatoms. The van der Waals surface area contributed by atoms with Crippen molar-refractivity contribution in [3.63, 3.8) is 0 Å². The Labute approximate surface area is 103 Å². The highest BCUT2D eigenvalue weighted by atomic mass is 79.9. The summed E-state index contributed by atoms with van der Waals surface area (Å²) in [6, 6.07) is 0. The standard InChI is InChI=1S/C12H26BrNO/c1-5-14(10-15)9-11(13)7-6-8-12(2,3)4/h11,15H,5-10H2,1-4H3. The Hall–Kier alpha value is 0.400. The summed E-state index contributed by atoms with van der Waals surface area (Å²) in [4.78, 5) is 2.54. The van der Waals surface area contributed by atoms with E-state index >= 15 is 0 Å². The van der Waals surface area contributed by atoms with Crippen LogP contribution in [0.5, 0.6) is 0 Å². The van der Waals surface area contributed by atoms with E-state index in [1.807, 2.05) is 4.90 Å². The lowest BCUT2D eigenvalue weighted by atomic mass is 9.89. The van der Waals surface area contributed by atoms with Crippen LogP contribution in [0.1, 0.15) is 47.0 Å². The van der Waals surface area contributed by atoms with Crippen LogP contribution in [0.15, 0.2) is 0 Å². The molecule has 0 rings (SSSR count). The van der Waals surface area contributed by atoms with Crippen LogP contribution in [0.25, 0.3) is 0 Å². The Bertz CT molecular complexity index is 152. The summed E-state index contributed by atoms with van der Waals surface area (Å²) < 4.78 is 0. The van der Waals surface area contributed by atoms with Gasteiger partial charge in [0.15, 0.2) is 0 Å². The molecule has 0 heterocycles. The van der Waals surface area contributed by atoms with Crippen molar-refractivity contribution in [2.45, 2.75) is 51.8 Å². The maximum Gasteiger partial charge on any atom is 0.0956 e. The zero-order valence-electron chi connectivity index (χ0n) is 10.6. The van der Waals surface area contributed by atoms with Gasteiger partial charge < -0.3 is 5.11 Å². The second-order valence-electron chi connectivity index (χ2n) is 5.36. The van der Waals surface area contributed by atoms with Crippen LogP contribution in [0, 0.1) is 5.41 Å². The lowest BCUT2D eigenvalue weighted by Gasteiger charge is -2.22. The van der Waals surface area contributed by atoms with Gasteiger partial charge in [0, 0.05) is 11.4 Å². The van der Waals surface area contributed by atoms with E-state index in [0.29, 0.717) is 10.2 Å². The highest BCUT2D eigenvalue weighted by Crippen LogP contribution is 2.23. The van der Waals surface area contributed by atoms with Crippen molar-refractivity contribution < 1.29 is 5.11 Å². The topological polar surface area (TPSA) is 23.5 Å². The molecule has 0 bridgehead atoms. The summed E-state index contributed by atoms with van der Waals surface area (Å²) >= 11 is 3.68. The number of hydrogen-bond donors (Lipinski definition) is 1. The van der Waals surface area contributed by atoms with Gasteiger partial charge in [0.2, 0.25) is 0 Å². The van der Waals surface area contributed by atoms with Gasteiger partial charge in [0.05, 0.1) is 6.73 Å². The van der Waals surface area contributed by atoms with Crippen LogP contribution in [0.3, 0.4) is 0 Å². The molecular formula is C12H26BrNO. The molecule has 0 fully saturated rings. The van der Waals surface area contributed by atoms with E-state index in [9.17, 15) is 0 Å². The molecule has 2 nitrogen and oxygen atoms in total. The molecule has 1 N–H and O–H groups in total. The number of nitrogens with zero attached hydrogens (tertiary/aromatic N) is 1. The molecule has 0 aliphatic heterocycles. The number of rotatable bonds is 7. The van der Waals surface area contributed by atoms with Crippen molar-refractivity contribution in [1.29, 1.82) is 0 Å². The van der Waals surface area contributed by atoms with Crippen LogP contribution < -0.4 is 0 Å². The molecule has 1 unspecified atom stereocenters. The Morgan fingerprint density at radius 1 is 1.33 bits per heavy atom. The molecule has 0 amide bonds. The third kappa shape index (κ3) is 9.34. The monoisotopic (exact) mass is 279 g/mol. The molecule has 1 atom stereocenters. The van der Waals surface area contributed by atoms with E-state index < -0.39 is 0 Å². The quantitative estimate of drug-likeness (QED) is 0.571. The number of halogens is 1. The second kappa shape index (κ2) is 7.64. The largest absolute Gasteiger partial charge is 0.381 e. The van der Waals surface area contributed by atoms with E-state index in [1.54, 1.807) is 0 Å². The fraction of sp³-hybridized carbons (Fsp3) is 1.00. The van der Waals surface area contributed by atoms with Gasteiger partial charge in [-0.3, -0.25) is 4.90 Å². The number of hydrogen-bond acceptors (Lipinski definition) is 2. The minimum atomic E-state index is 0.165. The van der Waals surface area contributed by atoms with Gasteiger partial charge >= 0.3 is 0 Å². The molecule has 0 radical (unpaired) electrons. The zero-order valence-corrected chi connectivity index (χ0v) is 12.2. The molecule has 0 saturated carbocycles. The first-order chi connectivity index (χ1) is 6.89. The molecule has 0 aromatic rings. The number of alkyl halides is 1. The third-order valence-electron chi connectivity index (χ3n) is 2.55. The maximum absolute atomic E-state index is 9.03. The number of aliphatic hydroxyl groups excluding tert-OH is 1. The van der Waals surface area contributed by atoms with Crippen LogP contribution in [0.4, 0.5) is 0 Å². The summed E-state index contributed by atoms with van der Waals surface area (Å²) in [7, 11) is 0. The lowest BCUT2D eigenvalue weighted by molar-refractivity contribution is 0.112. The smallest absolute Gasteiger partial charge is 0.0956 e. The Morgan fingerprint density at radius 3 is 2.33 bits per heavy atom. The summed E-state index contributed by atoms with van der Waals surface area (Å²) in [5.74, 6) is 0. The molecule has 0 aliphatic carbocycles. The molecule has 92 valence electrons. The zero-order chi connectivity index (χ0) is 11.9. The van der Waals surface area contributed by atoms with E-state index in [2.05, 4.69) is 43.6 Å². The van der Waals surface area contributed by atoms with E-state index in [4.69, 9.17) is 5.11 Å². The minimum absolute atomic E-state index is 0.165. The predicted octanol–water partition coefficient (Wildman–Crippen LogP) is 3.24. The van der Waals surface area contributed by atoms with Gasteiger partial charge in [0.25, 0.3) is 0 Å². The Balaban J connectivity index is 3.61. The molecule has 0 aliphatic rings. The van der Waals surface area contributed by atoms with Gasteiger partial charge in [-0.1, -0.05) is 50.0 Å². The third-order valence-corrected chi connectivity index (χ3v) is 3.30. The molecule has 15 heavy (non-hydrogen) atoms. The van der Waals surface area contributed by atoms with E-state index in [1.165, 1.54) is 19.3 Å². The first-order valence-electron chi connectivity index (χ1n) is 5.86. The fourth-order valence-corrected chi connectivity index (χ4v) is 2.25. The number of aliphatic hydroxyl groups is 1. The minimum Gasteiger partial charge on any atom is -0.381 e. The van der Waals surface area contributed by atoms with Crippen LogP contribution in [-0.4, -0.2) is 34.7 Å². The maximum atomic E-state index is 9.03. The van der Waals surface area contributed by atoms with Crippen molar-refractivity contribution in [2.75, 3.05) is 19.8 Å². The summed E-state index contributed by atoms with van der Waals surface area (Å²) in [6.45, 7) is 10.9. The first kappa shape index (κ1) is 15.4. The van der Waals surface area contributed by atoms with Gasteiger partial charge in [-0.25, -0.2) is 0 Å². The first-order valence-corrected chi connectivity index (χ1v) is 6.78. The fourth-order valence-electron chi connectivity index (χ4n) is 1.51. The average molecular weight is 280 g/mol. The van der Waals surface area contributed by atoms with Crippen molar-refractivity contribution >= 4 is 15.9 Å². The van der Waals surface area contributed by atoms with E-state index in [-0.39, 0.29) is 6.73 Å². The summed E-state index contributed by atoms with van der Waals surface area (Å²) in [5, 5.41) is 9.03. The predicted molar refractivity (Wildman–Crippen MR) is 70.4 cm³/mol. The molecule has 0 saturated heterocycles. The van der Waals surface area contributed by atoms with E-state index in [0.717, 1.165) is 13.1 Å². The van der Waals surface area contributed by atoms with Crippen molar-refractivity contribution in [3.8, 4) is 0 Å². The summed E-state index contributed by atoms with van der Waals surface area (Å²) in [6.07, 6.45) is 3.70.